The van der Waals surface area contributed by atoms with Gasteiger partial charge in [-0.1, -0.05) is 19.9 Å². The van der Waals surface area contributed by atoms with E-state index in [0.29, 0.717) is 5.92 Å². The Balaban J connectivity index is 1.65. The molecule has 1 N–H and O–H groups in total. The molecule has 1 saturated heterocycles. The van der Waals surface area contributed by atoms with Crippen molar-refractivity contribution < 1.29 is 0 Å². The van der Waals surface area contributed by atoms with E-state index in [1.54, 1.807) is 0 Å². The van der Waals surface area contributed by atoms with Gasteiger partial charge < -0.3 is 15.1 Å². The molecule has 24 heavy (non-hydrogen) atoms. The van der Waals surface area contributed by atoms with E-state index in [0.717, 1.165) is 56.0 Å². The van der Waals surface area contributed by atoms with Crippen molar-refractivity contribution in [3.05, 3.63) is 36.3 Å². The lowest BCUT2D eigenvalue weighted by Crippen LogP contribution is -2.47. The van der Waals surface area contributed by atoms with Crippen molar-refractivity contribution in [2.75, 3.05) is 47.8 Å². The van der Waals surface area contributed by atoms with E-state index < -0.39 is 0 Å². The molecule has 0 atom stereocenters. The number of aromatic nitrogens is 3. The first kappa shape index (κ1) is 16.5. The van der Waals surface area contributed by atoms with Crippen molar-refractivity contribution in [1.82, 2.24) is 15.0 Å². The molecular weight excluding hydrogens is 300 g/mol. The highest BCUT2D eigenvalue weighted by atomic mass is 15.3. The number of hydrogen-bond donors (Lipinski definition) is 1. The zero-order chi connectivity index (χ0) is 16.9. The van der Waals surface area contributed by atoms with Crippen LogP contribution >= 0.6 is 0 Å². The first-order valence-electron chi connectivity index (χ1n) is 8.62. The zero-order valence-corrected chi connectivity index (χ0v) is 14.7. The maximum Gasteiger partial charge on any atom is 0.134 e. The zero-order valence-electron chi connectivity index (χ0n) is 14.7. The Labute approximate surface area is 143 Å². The molecule has 0 amide bonds. The highest BCUT2D eigenvalue weighted by molar-refractivity contribution is 5.51. The van der Waals surface area contributed by atoms with E-state index in [1.165, 1.54) is 0 Å². The molecule has 3 rings (SSSR count). The monoisotopic (exact) mass is 326 g/mol. The number of rotatable bonds is 5. The number of nitrogens with zero attached hydrogens (tertiary/aromatic N) is 5. The molecule has 1 aliphatic heterocycles. The maximum absolute atomic E-state index is 4.62. The molecule has 1 aliphatic rings. The van der Waals surface area contributed by atoms with Crippen molar-refractivity contribution in [1.29, 1.82) is 0 Å². The summed E-state index contributed by atoms with van der Waals surface area (Å²) in [6.45, 7) is 11.0. The van der Waals surface area contributed by atoms with Crippen LogP contribution in [0.1, 0.15) is 19.7 Å². The largest absolute Gasteiger partial charge is 0.370 e. The van der Waals surface area contributed by atoms with E-state index >= 15 is 0 Å². The predicted octanol–water partition coefficient (Wildman–Crippen LogP) is 2.57. The van der Waals surface area contributed by atoms with E-state index in [1.807, 2.05) is 25.3 Å². The predicted molar refractivity (Wildman–Crippen MR) is 98.8 cm³/mol. The summed E-state index contributed by atoms with van der Waals surface area (Å²) < 4.78 is 0. The molecule has 2 aromatic rings. The van der Waals surface area contributed by atoms with Gasteiger partial charge in [-0.25, -0.2) is 15.0 Å². The van der Waals surface area contributed by atoms with E-state index in [2.05, 4.69) is 56.0 Å². The summed E-state index contributed by atoms with van der Waals surface area (Å²) in [5, 5.41) is 3.40. The SMILES string of the molecule is Cc1nc(NCC(C)C)cc(N2CCN(c3ccccn3)CC2)n1. The van der Waals surface area contributed by atoms with Crippen molar-refractivity contribution >= 4 is 17.5 Å². The van der Waals surface area contributed by atoms with Gasteiger partial charge in [-0.05, 0) is 25.0 Å². The number of hydrogen-bond acceptors (Lipinski definition) is 6. The molecule has 0 radical (unpaired) electrons. The van der Waals surface area contributed by atoms with Crippen molar-refractivity contribution in [2.24, 2.45) is 5.92 Å². The summed E-state index contributed by atoms with van der Waals surface area (Å²) in [6, 6.07) is 8.12. The lowest BCUT2D eigenvalue weighted by Gasteiger charge is -2.36. The van der Waals surface area contributed by atoms with Gasteiger partial charge in [0.1, 0.15) is 23.3 Å². The molecule has 1 fully saturated rings. The fourth-order valence-electron chi connectivity index (χ4n) is 2.82. The smallest absolute Gasteiger partial charge is 0.134 e. The topological polar surface area (TPSA) is 57.2 Å². The van der Waals surface area contributed by atoms with Crippen LogP contribution < -0.4 is 15.1 Å². The van der Waals surface area contributed by atoms with Gasteiger partial charge in [0.25, 0.3) is 0 Å². The molecule has 0 bridgehead atoms. The highest BCUT2D eigenvalue weighted by Gasteiger charge is 2.19. The molecule has 128 valence electrons. The minimum Gasteiger partial charge on any atom is -0.370 e. The van der Waals surface area contributed by atoms with Gasteiger partial charge in [0.05, 0.1) is 0 Å². The molecule has 0 aromatic carbocycles. The van der Waals surface area contributed by atoms with Gasteiger partial charge >= 0.3 is 0 Å². The van der Waals surface area contributed by atoms with Gasteiger partial charge in [-0.2, -0.15) is 0 Å². The Kier molecular flexibility index (Phi) is 5.13. The van der Waals surface area contributed by atoms with Gasteiger partial charge in [0.15, 0.2) is 0 Å². The Morgan fingerprint density at radius 2 is 1.75 bits per heavy atom. The average Bonchev–Trinajstić information content (AvgIpc) is 2.60. The minimum absolute atomic E-state index is 0.589. The summed E-state index contributed by atoms with van der Waals surface area (Å²) in [4.78, 5) is 18.2. The lowest BCUT2D eigenvalue weighted by atomic mass is 10.2. The molecule has 6 nitrogen and oxygen atoms in total. The number of aryl methyl sites for hydroxylation is 1. The van der Waals surface area contributed by atoms with Crippen LogP contribution in [0.2, 0.25) is 0 Å². The van der Waals surface area contributed by atoms with Crippen molar-refractivity contribution in [2.45, 2.75) is 20.8 Å². The van der Waals surface area contributed by atoms with Crippen LogP contribution in [0.25, 0.3) is 0 Å². The summed E-state index contributed by atoms with van der Waals surface area (Å²) in [7, 11) is 0. The minimum atomic E-state index is 0.589. The van der Waals surface area contributed by atoms with E-state index in [9.17, 15) is 0 Å². The Hall–Kier alpha value is -2.37. The first-order chi connectivity index (χ1) is 11.6. The van der Waals surface area contributed by atoms with Crippen LogP contribution in [-0.2, 0) is 0 Å². The number of piperazine rings is 1. The molecule has 6 heteroatoms. The van der Waals surface area contributed by atoms with Gasteiger partial charge in [0, 0.05) is 45.0 Å². The number of anilines is 3. The molecular formula is C18H26N6. The highest BCUT2D eigenvalue weighted by Crippen LogP contribution is 2.20. The molecule has 0 aliphatic carbocycles. The molecule has 3 heterocycles. The van der Waals surface area contributed by atoms with Crippen molar-refractivity contribution in [3.63, 3.8) is 0 Å². The standard InChI is InChI=1S/C18H26N6/c1-14(2)13-20-16-12-18(22-15(3)21-16)24-10-8-23(9-11-24)17-6-4-5-7-19-17/h4-7,12,14H,8-11,13H2,1-3H3,(H,20,21,22). The average molecular weight is 326 g/mol. The van der Waals surface area contributed by atoms with Crippen LogP contribution in [0, 0.1) is 12.8 Å². The second-order valence-corrected chi connectivity index (χ2v) is 6.60. The maximum atomic E-state index is 4.62. The van der Waals surface area contributed by atoms with Crippen LogP contribution in [0.4, 0.5) is 17.5 Å². The third-order valence-corrected chi connectivity index (χ3v) is 4.09. The first-order valence-corrected chi connectivity index (χ1v) is 8.62. The van der Waals surface area contributed by atoms with Crippen LogP contribution in [0.3, 0.4) is 0 Å². The molecule has 0 spiro atoms. The fraction of sp³-hybridized carbons (Fsp3) is 0.500. The lowest BCUT2D eigenvalue weighted by molar-refractivity contribution is 0.640. The van der Waals surface area contributed by atoms with Gasteiger partial charge in [0.2, 0.25) is 0 Å². The third-order valence-electron chi connectivity index (χ3n) is 4.09. The summed E-state index contributed by atoms with van der Waals surface area (Å²) in [5.41, 5.74) is 0. The Bertz CT molecular complexity index is 650. The van der Waals surface area contributed by atoms with E-state index in [-0.39, 0.29) is 0 Å². The fourth-order valence-corrected chi connectivity index (χ4v) is 2.82. The van der Waals surface area contributed by atoms with Gasteiger partial charge in [-0.15, -0.1) is 0 Å². The van der Waals surface area contributed by atoms with Crippen molar-refractivity contribution in [3.8, 4) is 0 Å². The quantitative estimate of drug-likeness (QED) is 0.911. The summed E-state index contributed by atoms with van der Waals surface area (Å²) in [5.74, 6) is 4.37. The van der Waals surface area contributed by atoms with Gasteiger partial charge in [-0.3, -0.25) is 0 Å². The van der Waals surface area contributed by atoms with E-state index in [4.69, 9.17) is 0 Å². The Morgan fingerprint density at radius 3 is 2.38 bits per heavy atom. The molecule has 2 aromatic heterocycles. The molecule has 0 unspecified atom stereocenters. The Morgan fingerprint density at radius 1 is 1.04 bits per heavy atom. The summed E-state index contributed by atoms with van der Waals surface area (Å²) >= 11 is 0. The normalized spacial score (nSPS) is 15.0. The van der Waals surface area contributed by atoms with Crippen LogP contribution in [0.5, 0.6) is 0 Å². The van der Waals surface area contributed by atoms with Crippen LogP contribution in [-0.4, -0.2) is 47.7 Å². The molecule has 0 saturated carbocycles. The van der Waals surface area contributed by atoms with Crippen LogP contribution in [0.15, 0.2) is 30.5 Å². The number of nitrogens with one attached hydrogen (secondary N) is 1. The second kappa shape index (κ2) is 7.47. The second-order valence-electron chi connectivity index (χ2n) is 6.60. The number of pyridine rings is 1. The summed E-state index contributed by atoms with van der Waals surface area (Å²) in [6.07, 6.45) is 1.85. The third kappa shape index (κ3) is 4.13.